The van der Waals surface area contributed by atoms with Crippen molar-refractivity contribution >= 4 is 5.78 Å². The minimum atomic E-state index is -0.145. The predicted molar refractivity (Wildman–Crippen MR) is 105 cm³/mol. The van der Waals surface area contributed by atoms with Gasteiger partial charge in [0.15, 0.2) is 0 Å². The normalized spacial score (nSPS) is 14.1. The lowest BCUT2D eigenvalue weighted by atomic mass is 9.80. The Hall–Kier alpha value is -2.53. The van der Waals surface area contributed by atoms with Crippen molar-refractivity contribution in [1.82, 2.24) is 0 Å². The van der Waals surface area contributed by atoms with E-state index in [1.165, 1.54) is 19.3 Å². The zero-order valence-electron chi connectivity index (χ0n) is 15.8. The van der Waals surface area contributed by atoms with Gasteiger partial charge in [-0.3, -0.25) is 4.79 Å². The Morgan fingerprint density at radius 3 is 2.00 bits per heavy atom. The Balaban J connectivity index is 1.65. The third kappa shape index (κ3) is 4.76. The minimum absolute atomic E-state index is 0.145. The summed E-state index contributed by atoms with van der Waals surface area (Å²) in [6.45, 7) is 5.84. The van der Waals surface area contributed by atoms with Crippen molar-refractivity contribution in [3.05, 3.63) is 65.2 Å². The summed E-state index contributed by atoms with van der Waals surface area (Å²) in [5.74, 6) is 7.55. The molecule has 2 aromatic carbocycles. The van der Waals surface area contributed by atoms with Crippen LogP contribution in [0.1, 0.15) is 63.1 Å². The molecule has 1 aliphatic rings. The van der Waals surface area contributed by atoms with Crippen molar-refractivity contribution in [1.29, 1.82) is 0 Å². The van der Waals surface area contributed by atoms with E-state index in [9.17, 15) is 4.79 Å². The lowest BCUT2D eigenvalue weighted by Crippen LogP contribution is -2.24. The van der Waals surface area contributed by atoms with Crippen LogP contribution in [0.15, 0.2) is 48.5 Å². The molecule has 0 atom stereocenters. The van der Waals surface area contributed by atoms with Crippen LogP contribution in [-0.2, 0) is 10.2 Å². The highest BCUT2D eigenvalue weighted by molar-refractivity contribution is 5.77. The van der Waals surface area contributed by atoms with Gasteiger partial charge in [-0.25, -0.2) is 0 Å². The van der Waals surface area contributed by atoms with Crippen LogP contribution in [0.3, 0.4) is 0 Å². The fourth-order valence-corrected chi connectivity index (χ4v) is 3.17. The predicted octanol–water partition coefficient (Wildman–Crippen LogP) is 5.27. The molecule has 0 N–H and O–H groups in total. The largest absolute Gasteiger partial charge is 0.490 e. The standard InChI is InChI=1S/C24H26O2/c1-18(25)17-24(2,3)21-13-9-19(10-14-21)7-8-20-11-15-23(16-12-20)26-22-5-4-6-22/h9-16,22H,4-6,17H2,1-3H3. The summed E-state index contributed by atoms with van der Waals surface area (Å²) < 4.78 is 5.87. The Kier molecular flexibility index (Phi) is 5.47. The Bertz CT molecular complexity index is 813. The molecule has 1 aliphatic carbocycles. The minimum Gasteiger partial charge on any atom is -0.490 e. The fraction of sp³-hybridized carbons (Fsp3) is 0.375. The molecule has 0 aliphatic heterocycles. The lowest BCUT2D eigenvalue weighted by molar-refractivity contribution is -0.118. The van der Waals surface area contributed by atoms with E-state index in [0.29, 0.717) is 12.5 Å². The number of carbonyl (C=O) groups excluding carboxylic acids is 1. The van der Waals surface area contributed by atoms with Crippen LogP contribution >= 0.6 is 0 Å². The molecule has 0 aromatic heterocycles. The zero-order chi connectivity index (χ0) is 18.6. The van der Waals surface area contributed by atoms with E-state index in [2.05, 4.69) is 37.8 Å². The van der Waals surface area contributed by atoms with E-state index in [-0.39, 0.29) is 11.2 Å². The van der Waals surface area contributed by atoms with Gasteiger partial charge >= 0.3 is 0 Å². The SMILES string of the molecule is CC(=O)CC(C)(C)c1ccc(C#Cc2ccc(OC3CCC3)cc2)cc1. The molecule has 2 heteroatoms. The van der Waals surface area contributed by atoms with E-state index >= 15 is 0 Å². The van der Waals surface area contributed by atoms with Crippen LogP contribution in [0.4, 0.5) is 0 Å². The maximum Gasteiger partial charge on any atom is 0.130 e. The summed E-state index contributed by atoms with van der Waals surface area (Å²) in [5, 5.41) is 0. The van der Waals surface area contributed by atoms with Gasteiger partial charge in [0, 0.05) is 17.5 Å². The highest BCUT2D eigenvalue weighted by Gasteiger charge is 2.22. The van der Waals surface area contributed by atoms with Crippen LogP contribution in [-0.4, -0.2) is 11.9 Å². The number of carbonyl (C=O) groups is 1. The molecular formula is C24H26O2. The first kappa shape index (κ1) is 18.3. The molecule has 0 heterocycles. The highest BCUT2D eigenvalue weighted by Crippen LogP contribution is 2.27. The van der Waals surface area contributed by atoms with Gasteiger partial charge in [0.25, 0.3) is 0 Å². The van der Waals surface area contributed by atoms with Gasteiger partial charge in [-0.05, 0) is 73.6 Å². The summed E-state index contributed by atoms with van der Waals surface area (Å²) in [5.41, 5.74) is 2.97. The van der Waals surface area contributed by atoms with Crippen LogP contribution in [0.2, 0.25) is 0 Å². The van der Waals surface area contributed by atoms with E-state index in [0.717, 1.165) is 22.4 Å². The summed E-state index contributed by atoms with van der Waals surface area (Å²) >= 11 is 0. The van der Waals surface area contributed by atoms with Crippen molar-refractivity contribution in [2.75, 3.05) is 0 Å². The fourth-order valence-electron chi connectivity index (χ4n) is 3.17. The molecule has 1 saturated carbocycles. The van der Waals surface area contributed by atoms with Gasteiger partial charge in [-0.2, -0.15) is 0 Å². The van der Waals surface area contributed by atoms with Crippen LogP contribution in [0.25, 0.3) is 0 Å². The molecule has 0 spiro atoms. The number of hydrogen-bond donors (Lipinski definition) is 0. The number of Topliss-reactive ketones (excluding diaryl/α,β-unsaturated/α-hetero) is 1. The third-order valence-electron chi connectivity index (χ3n) is 4.92. The second-order valence-corrected chi connectivity index (χ2v) is 7.79. The van der Waals surface area contributed by atoms with Crippen LogP contribution in [0, 0.1) is 11.8 Å². The molecule has 0 amide bonds. The van der Waals surface area contributed by atoms with Gasteiger partial charge in [0.05, 0.1) is 6.10 Å². The maximum atomic E-state index is 11.4. The average molecular weight is 346 g/mol. The number of ether oxygens (including phenoxy) is 1. The second kappa shape index (κ2) is 7.79. The first-order valence-corrected chi connectivity index (χ1v) is 9.31. The van der Waals surface area contributed by atoms with E-state index < -0.39 is 0 Å². The van der Waals surface area contributed by atoms with Gasteiger partial charge in [-0.1, -0.05) is 37.8 Å². The molecule has 0 saturated heterocycles. The molecule has 0 radical (unpaired) electrons. The van der Waals surface area contributed by atoms with Crippen molar-refractivity contribution < 1.29 is 9.53 Å². The molecule has 0 bridgehead atoms. The zero-order valence-corrected chi connectivity index (χ0v) is 15.8. The maximum absolute atomic E-state index is 11.4. The van der Waals surface area contributed by atoms with Gasteiger partial charge in [0.1, 0.15) is 11.5 Å². The first-order chi connectivity index (χ1) is 12.4. The van der Waals surface area contributed by atoms with Crippen molar-refractivity contribution in [2.45, 2.75) is 58.0 Å². The topological polar surface area (TPSA) is 26.3 Å². The number of benzene rings is 2. The highest BCUT2D eigenvalue weighted by atomic mass is 16.5. The molecule has 0 unspecified atom stereocenters. The number of rotatable bonds is 5. The van der Waals surface area contributed by atoms with Gasteiger partial charge < -0.3 is 4.74 Å². The lowest BCUT2D eigenvalue weighted by Gasteiger charge is -2.26. The molecule has 2 aromatic rings. The van der Waals surface area contributed by atoms with Gasteiger partial charge in [0.2, 0.25) is 0 Å². The summed E-state index contributed by atoms with van der Waals surface area (Å²) in [4.78, 5) is 11.4. The smallest absolute Gasteiger partial charge is 0.130 e. The van der Waals surface area contributed by atoms with E-state index in [1.807, 2.05) is 36.4 Å². The molecular weight excluding hydrogens is 320 g/mol. The molecule has 3 rings (SSSR count). The van der Waals surface area contributed by atoms with Crippen molar-refractivity contribution in [3.63, 3.8) is 0 Å². The summed E-state index contributed by atoms with van der Waals surface area (Å²) in [6, 6.07) is 16.2. The Morgan fingerprint density at radius 1 is 1.00 bits per heavy atom. The number of hydrogen-bond acceptors (Lipinski definition) is 2. The van der Waals surface area contributed by atoms with Crippen molar-refractivity contribution in [3.8, 4) is 17.6 Å². The van der Waals surface area contributed by atoms with Crippen molar-refractivity contribution in [2.24, 2.45) is 0 Å². The second-order valence-electron chi connectivity index (χ2n) is 7.79. The molecule has 134 valence electrons. The number of ketones is 1. The van der Waals surface area contributed by atoms with E-state index in [4.69, 9.17) is 4.74 Å². The molecule has 1 fully saturated rings. The molecule has 26 heavy (non-hydrogen) atoms. The average Bonchev–Trinajstić information content (AvgIpc) is 2.56. The first-order valence-electron chi connectivity index (χ1n) is 9.31. The van der Waals surface area contributed by atoms with Gasteiger partial charge in [-0.15, -0.1) is 0 Å². The Labute approximate surface area is 156 Å². The van der Waals surface area contributed by atoms with Crippen LogP contribution < -0.4 is 4.74 Å². The van der Waals surface area contributed by atoms with Crippen LogP contribution in [0.5, 0.6) is 5.75 Å². The molecule has 2 nitrogen and oxygen atoms in total. The van der Waals surface area contributed by atoms with E-state index in [1.54, 1.807) is 6.92 Å². The third-order valence-corrected chi connectivity index (χ3v) is 4.92. The summed E-state index contributed by atoms with van der Waals surface area (Å²) in [6.07, 6.45) is 4.56. The quantitative estimate of drug-likeness (QED) is 0.689. The monoisotopic (exact) mass is 346 g/mol. The Morgan fingerprint density at radius 2 is 1.54 bits per heavy atom. The summed E-state index contributed by atoms with van der Waals surface area (Å²) in [7, 11) is 0.